The minimum absolute atomic E-state index is 0.0970. The summed E-state index contributed by atoms with van der Waals surface area (Å²) < 4.78 is 5.40. The van der Waals surface area contributed by atoms with Crippen LogP contribution < -0.4 is 10.1 Å². The van der Waals surface area contributed by atoms with E-state index in [1.807, 2.05) is 0 Å². The van der Waals surface area contributed by atoms with Gasteiger partial charge in [-0.05, 0) is 60.2 Å². The number of carboxylic acid groups (broad SMARTS) is 2. The van der Waals surface area contributed by atoms with Crippen LogP contribution in [0.25, 0.3) is 6.08 Å². The van der Waals surface area contributed by atoms with Gasteiger partial charge in [-0.2, -0.15) is 0 Å². The van der Waals surface area contributed by atoms with Crippen LogP contribution in [0, 0.1) is 0 Å². The molecule has 0 bridgehead atoms. The van der Waals surface area contributed by atoms with Crippen molar-refractivity contribution in [3.63, 3.8) is 0 Å². The van der Waals surface area contributed by atoms with Crippen molar-refractivity contribution in [2.45, 2.75) is 19.4 Å². The molecule has 0 spiro atoms. The lowest BCUT2D eigenvalue weighted by Gasteiger charge is -2.13. The Morgan fingerprint density at radius 1 is 1.19 bits per heavy atom. The molecule has 1 amide bonds. The lowest BCUT2D eigenvalue weighted by molar-refractivity contribution is -0.145. The maximum atomic E-state index is 12.3. The lowest BCUT2D eigenvalue weighted by atomic mass is 10.2. The summed E-state index contributed by atoms with van der Waals surface area (Å²) in [5, 5.41) is 30.6. The van der Waals surface area contributed by atoms with Crippen LogP contribution >= 0.6 is 11.8 Å². The van der Waals surface area contributed by atoms with E-state index in [4.69, 9.17) is 9.84 Å². The monoisotopic (exact) mass is 442 g/mol. The fraction of sp³-hybridized carbons (Fsp3) is 0.143. The number of benzene rings is 2. The third-order valence-corrected chi connectivity index (χ3v) is 5.10. The first-order chi connectivity index (χ1) is 14.8. The number of aliphatic carboxylic acids is 1. The van der Waals surface area contributed by atoms with Crippen molar-refractivity contribution >= 4 is 46.5 Å². The van der Waals surface area contributed by atoms with Crippen LogP contribution in [-0.2, 0) is 9.59 Å². The Bertz CT molecular complexity index is 1090. The molecule has 1 heterocycles. The molecule has 31 heavy (non-hydrogen) atoms. The molecule has 4 N–H and O–H groups in total. The summed E-state index contributed by atoms with van der Waals surface area (Å²) in [5.41, 5.74) is 0.590. The smallest absolute Gasteiger partial charge is 0.344 e. The predicted molar refractivity (Wildman–Crippen MR) is 115 cm³/mol. The van der Waals surface area contributed by atoms with Crippen LogP contribution in [0.1, 0.15) is 29.3 Å². The summed E-state index contributed by atoms with van der Waals surface area (Å²) in [6.07, 6.45) is 1.01. The number of phenolic OH excluding ortho intramolecular Hbond substituents is 1. The molecule has 10 heteroatoms. The number of rotatable bonds is 7. The van der Waals surface area contributed by atoms with Crippen LogP contribution in [0.3, 0.4) is 0 Å². The van der Waals surface area contributed by atoms with Crippen molar-refractivity contribution in [2.75, 3.05) is 0 Å². The van der Waals surface area contributed by atoms with Crippen molar-refractivity contribution < 1.29 is 34.4 Å². The zero-order valence-electron chi connectivity index (χ0n) is 16.2. The van der Waals surface area contributed by atoms with Crippen molar-refractivity contribution in [3.05, 3.63) is 58.5 Å². The minimum atomic E-state index is -1.25. The van der Waals surface area contributed by atoms with Gasteiger partial charge in [-0.25, -0.2) is 14.6 Å². The van der Waals surface area contributed by atoms with E-state index in [1.165, 1.54) is 12.1 Å². The molecule has 3 rings (SSSR count). The molecule has 0 aliphatic carbocycles. The average Bonchev–Trinajstić information content (AvgIpc) is 3.07. The van der Waals surface area contributed by atoms with Gasteiger partial charge in [0.2, 0.25) is 0 Å². The molecular weight excluding hydrogens is 424 g/mol. The number of aromatic carboxylic acids is 1. The molecule has 1 aliphatic rings. The van der Waals surface area contributed by atoms with Gasteiger partial charge in [-0.3, -0.25) is 4.79 Å². The van der Waals surface area contributed by atoms with E-state index in [9.17, 15) is 24.6 Å². The maximum Gasteiger partial charge on any atom is 0.344 e. The summed E-state index contributed by atoms with van der Waals surface area (Å²) in [5.74, 6) is -2.49. The molecule has 2 aromatic carbocycles. The van der Waals surface area contributed by atoms with E-state index in [2.05, 4.69) is 10.3 Å². The summed E-state index contributed by atoms with van der Waals surface area (Å²) >= 11 is 1.04. The number of thioether (sulfide) groups is 1. The molecule has 160 valence electrons. The number of ether oxygens (including phenoxy) is 1. The Hall–Kier alpha value is -3.79. The SMILES string of the molecule is CCC(Oc1ccc(/C=C2\SC(=Nc3ccc(O)cc3C(=O)O)NC2=O)cc1)C(=O)O. The number of aliphatic imine (C=N–C) groups is 1. The number of hydrogen-bond acceptors (Lipinski definition) is 7. The van der Waals surface area contributed by atoms with Gasteiger partial charge in [0.25, 0.3) is 5.91 Å². The molecule has 1 atom stereocenters. The van der Waals surface area contributed by atoms with Gasteiger partial charge in [0.05, 0.1) is 16.2 Å². The summed E-state index contributed by atoms with van der Waals surface area (Å²) in [4.78, 5) is 39.2. The second-order valence-electron chi connectivity index (χ2n) is 6.41. The molecule has 0 saturated carbocycles. The minimum Gasteiger partial charge on any atom is -0.508 e. The van der Waals surface area contributed by atoms with Gasteiger partial charge in [0.15, 0.2) is 11.3 Å². The van der Waals surface area contributed by atoms with E-state index >= 15 is 0 Å². The fourth-order valence-electron chi connectivity index (χ4n) is 2.65. The van der Waals surface area contributed by atoms with Crippen molar-refractivity contribution in [1.29, 1.82) is 0 Å². The Morgan fingerprint density at radius 2 is 1.90 bits per heavy atom. The molecule has 1 unspecified atom stereocenters. The third kappa shape index (κ3) is 5.43. The van der Waals surface area contributed by atoms with Crippen LogP contribution in [0.2, 0.25) is 0 Å². The topological polar surface area (TPSA) is 146 Å². The van der Waals surface area contributed by atoms with Crippen molar-refractivity contribution in [1.82, 2.24) is 5.32 Å². The fourth-order valence-corrected chi connectivity index (χ4v) is 3.48. The van der Waals surface area contributed by atoms with Crippen molar-refractivity contribution in [3.8, 4) is 11.5 Å². The zero-order chi connectivity index (χ0) is 22.5. The number of carbonyl (C=O) groups excluding carboxylic acids is 1. The predicted octanol–water partition coefficient (Wildman–Crippen LogP) is 3.22. The van der Waals surface area contributed by atoms with E-state index in [0.717, 1.165) is 17.8 Å². The van der Waals surface area contributed by atoms with Crippen LogP contribution in [0.5, 0.6) is 11.5 Å². The number of nitrogens with one attached hydrogen (secondary N) is 1. The normalized spacial score (nSPS) is 16.9. The lowest BCUT2D eigenvalue weighted by Crippen LogP contribution is -2.25. The van der Waals surface area contributed by atoms with Gasteiger partial charge < -0.3 is 25.4 Å². The average molecular weight is 442 g/mol. The molecule has 1 fully saturated rings. The van der Waals surface area contributed by atoms with Crippen LogP contribution in [-0.4, -0.2) is 44.4 Å². The number of nitrogens with zero attached hydrogens (tertiary/aromatic N) is 1. The Morgan fingerprint density at radius 3 is 2.52 bits per heavy atom. The number of amides is 1. The molecular formula is C21H18N2O7S. The van der Waals surface area contributed by atoms with Crippen LogP contribution in [0.4, 0.5) is 5.69 Å². The number of phenols is 1. The van der Waals surface area contributed by atoms with Crippen LogP contribution in [0.15, 0.2) is 52.4 Å². The molecule has 9 nitrogen and oxygen atoms in total. The highest BCUT2D eigenvalue weighted by atomic mass is 32.2. The molecule has 1 saturated heterocycles. The van der Waals surface area contributed by atoms with Gasteiger partial charge in [-0.1, -0.05) is 19.1 Å². The number of carbonyl (C=O) groups is 3. The molecule has 0 aromatic heterocycles. The highest BCUT2D eigenvalue weighted by molar-refractivity contribution is 8.18. The van der Waals surface area contributed by atoms with Gasteiger partial charge in [-0.15, -0.1) is 0 Å². The molecule has 0 radical (unpaired) electrons. The van der Waals surface area contributed by atoms with Gasteiger partial charge >= 0.3 is 11.9 Å². The number of aromatic hydroxyl groups is 1. The molecule has 1 aliphatic heterocycles. The van der Waals surface area contributed by atoms with E-state index in [0.29, 0.717) is 22.6 Å². The van der Waals surface area contributed by atoms with Crippen molar-refractivity contribution in [2.24, 2.45) is 4.99 Å². The Kier molecular flexibility index (Phi) is 6.61. The summed E-state index contributed by atoms with van der Waals surface area (Å²) in [6, 6.07) is 10.3. The first kappa shape index (κ1) is 21.9. The largest absolute Gasteiger partial charge is 0.508 e. The number of hydrogen-bond donors (Lipinski definition) is 4. The first-order valence-electron chi connectivity index (χ1n) is 9.12. The quantitative estimate of drug-likeness (QED) is 0.478. The standard InChI is InChI=1S/C21H18N2O7S/c1-2-16(20(28)29)30-13-6-3-11(4-7-13)9-17-18(25)23-21(31-17)22-15-8-5-12(24)10-14(15)19(26)27/h3-10,16,24H,2H2,1H3,(H,26,27)(H,28,29)(H,22,23,25)/b17-9-. The number of carboxylic acids is 2. The second kappa shape index (κ2) is 9.35. The summed E-state index contributed by atoms with van der Waals surface area (Å²) in [7, 11) is 0. The van der Waals surface area contributed by atoms with E-state index in [-0.39, 0.29) is 22.2 Å². The van der Waals surface area contributed by atoms with E-state index in [1.54, 1.807) is 37.3 Å². The van der Waals surface area contributed by atoms with E-state index < -0.39 is 23.9 Å². The highest BCUT2D eigenvalue weighted by Crippen LogP contribution is 2.31. The first-order valence-corrected chi connectivity index (χ1v) is 9.94. The maximum absolute atomic E-state index is 12.3. The Balaban J connectivity index is 1.77. The Labute approximate surface area is 181 Å². The molecule has 2 aromatic rings. The summed E-state index contributed by atoms with van der Waals surface area (Å²) in [6.45, 7) is 1.71. The third-order valence-electron chi connectivity index (χ3n) is 4.19. The zero-order valence-corrected chi connectivity index (χ0v) is 17.0. The van der Waals surface area contributed by atoms with Gasteiger partial charge in [0, 0.05) is 0 Å². The highest BCUT2D eigenvalue weighted by Gasteiger charge is 2.24. The second-order valence-corrected chi connectivity index (χ2v) is 7.44. The van der Waals surface area contributed by atoms with Gasteiger partial charge in [0.1, 0.15) is 11.5 Å². The number of amidine groups is 1.